The molecule has 1 aliphatic heterocycles. The van der Waals surface area contributed by atoms with Crippen LogP contribution in [0, 0.1) is 5.82 Å². The van der Waals surface area contributed by atoms with Crippen molar-refractivity contribution in [3.05, 3.63) is 89.5 Å². The largest absolute Gasteiger partial charge is 1.00 e. The number of ether oxygens (including phenoxy) is 1. The number of anilines is 1. The van der Waals surface area contributed by atoms with Crippen molar-refractivity contribution in [2.24, 2.45) is 5.73 Å². The van der Waals surface area contributed by atoms with E-state index in [1.54, 1.807) is 42.5 Å². The summed E-state index contributed by atoms with van der Waals surface area (Å²) >= 11 is 0. The number of hydrogen-bond donors (Lipinski definition) is 2. The molecule has 0 aliphatic carbocycles. The van der Waals surface area contributed by atoms with E-state index in [9.17, 15) is 14.0 Å². The molecule has 1 aromatic heterocycles. The van der Waals surface area contributed by atoms with E-state index >= 15 is 0 Å². The quantitative estimate of drug-likeness (QED) is 0.295. The number of benzene rings is 2. The van der Waals surface area contributed by atoms with Crippen LogP contribution < -0.4 is 45.5 Å². The van der Waals surface area contributed by atoms with Crippen LogP contribution in [-0.2, 0) is 28.9 Å². The Hall–Kier alpha value is -3.20. The van der Waals surface area contributed by atoms with E-state index in [-0.39, 0.29) is 55.3 Å². The van der Waals surface area contributed by atoms with E-state index in [1.165, 1.54) is 6.07 Å². The lowest BCUT2D eigenvalue weighted by Gasteiger charge is -2.34. The molecule has 0 radical (unpaired) electrons. The van der Waals surface area contributed by atoms with Crippen LogP contribution in [0.5, 0.6) is 5.75 Å². The normalized spacial score (nSPS) is 15.1. The number of amides is 2. The second-order valence-corrected chi connectivity index (χ2v) is 8.64. The van der Waals surface area contributed by atoms with E-state index in [2.05, 4.69) is 10.3 Å². The Morgan fingerprint density at radius 1 is 1.19 bits per heavy atom. The summed E-state index contributed by atoms with van der Waals surface area (Å²) in [7, 11) is 1.62. The molecule has 0 spiro atoms. The number of fused-ring (bicyclic) bond motifs is 1. The molecular weight excluding hydrogens is 518 g/mol. The first-order valence-electron chi connectivity index (χ1n) is 11.6. The minimum Gasteiger partial charge on any atom is -1.00 e. The fourth-order valence-corrected chi connectivity index (χ4v) is 4.34. The van der Waals surface area contributed by atoms with Crippen LogP contribution in [0.25, 0.3) is 0 Å². The lowest BCUT2D eigenvalue weighted by molar-refractivity contribution is -0.128. The first-order chi connectivity index (χ1) is 16.9. The molecule has 37 heavy (non-hydrogen) atoms. The van der Waals surface area contributed by atoms with Crippen LogP contribution >= 0.6 is 0 Å². The van der Waals surface area contributed by atoms with Gasteiger partial charge in [-0.05, 0) is 54.3 Å². The molecule has 0 bridgehead atoms. The molecule has 0 fully saturated rings. The minimum absolute atomic E-state index is 0. The number of aromatic nitrogens is 1. The fourth-order valence-electron chi connectivity index (χ4n) is 4.34. The maximum Gasteiger partial charge on any atom is 0.250 e. The smallest absolute Gasteiger partial charge is 0.250 e. The molecule has 198 valence electrons. The average Bonchev–Trinajstić information content (AvgIpc) is 2.85. The molecule has 2 heterocycles. The molecule has 0 saturated heterocycles. The Kier molecular flexibility index (Phi) is 11.3. The van der Waals surface area contributed by atoms with Gasteiger partial charge in [-0.3, -0.25) is 14.6 Å². The van der Waals surface area contributed by atoms with Crippen molar-refractivity contribution in [1.29, 1.82) is 0 Å². The molecule has 0 saturated carbocycles. The van der Waals surface area contributed by atoms with Crippen LogP contribution in [0.3, 0.4) is 0 Å². The van der Waals surface area contributed by atoms with Gasteiger partial charge in [-0.25, -0.2) is 4.39 Å². The molecule has 1 aliphatic rings. The van der Waals surface area contributed by atoms with Crippen LogP contribution in [0.2, 0.25) is 0 Å². The predicted octanol–water partition coefficient (Wildman–Crippen LogP) is -3.19. The molecule has 2 amide bonds. The summed E-state index contributed by atoms with van der Waals surface area (Å²) in [5.74, 6) is -0.129. The molecule has 10 heteroatoms. The second-order valence-electron chi connectivity index (χ2n) is 8.64. The summed E-state index contributed by atoms with van der Waals surface area (Å²) in [5, 5.41) is 2.82. The summed E-state index contributed by atoms with van der Waals surface area (Å²) in [6.45, 7) is 0.434. The molecule has 2 atom stereocenters. The highest BCUT2D eigenvalue weighted by Gasteiger charge is 2.34. The Morgan fingerprint density at radius 2 is 1.97 bits per heavy atom. The maximum atomic E-state index is 13.9. The summed E-state index contributed by atoms with van der Waals surface area (Å²) in [6, 6.07) is 16.4. The third-order valence-electron chi connectivity index (χ3n) is 6.10. The second kappa shape index (κ2) is 13.9. The van der Waals surface area contributed by atoms with Crippen molar-refractivity contribution in [1.82, 2.24) is 10.3 Å². The first-order valence-corrected chi connectivity index (χ1v) is 11.6. The van der Waals surface area contributed by atoms with Gasteiger partial charge >= 0.3 is 0 Å². The molecule has 3 N–H and O–H groups in total. The predicted molar refractivity (Wildman–Crippen MR) is 132 cm³/mol. The lowest BCUT2D eigenvalue weighted by atomic mass is 9.99. The Morgan fingerprint density at radius 3 is 2.73 bits per heavy atom. The fraction of sp³-hybridized carbons (Fsp3) is 0.296. The zero-order valence-electron chi connectivity index (χ0n) is 20.4. The topological polar surface area (TPSA) is 97.5 Å². The van der Waals surface area contributed by atoms with Gasteiger partial charge in [0.15, 0.2) is 0 Å². The minimum atomic E-state index is -0.740. The number of carbonyl (C=O) groups excluding carboxylic acids is 2. The number of nitrogens with one attached hydrogen (secondary N) is 1. The van der Waals surface area contributed by atoms with Crippen molar-refractivity contribution in [2.75, 3.05) is 18.6 Å². The maximum absolute atomic E-state index is 13.9. The molecular formula is C27H29Cl2FN4O3-2. The van der Waals surface area contributed by atoms with Gasteiger partial charge in [0, 0.05) is 31.6 Å². The van der Waals surface area contributed by atoms with Gasteiger partial charge in [0.25, 0.3) is 0 Å². The number of halogens is 3. The number of carbonyl (C=O) groups is 2. The van der Waals surface area contributed by atoms with Crippen molar-refractivity contribution >= 4 is 17.5 Å². The van der Waals surface area contributed by atoms with Gasteiger partial charge < -0.3 is 45.5 Å². The van der Waals surface area contributed by atoms with Crippen LogP contribution in [0.15, 0.2) is 66.9 Å². The van der Waals surface area contributed by atoms with Crippen molar-refractivity contribution in [2.45, 2.75) is 37.8 Å². The first kappa shape index (κ1) is 30.0. The Balaban J connectivity index is 0.00000241. The highest BCUT2D eigenvalue weighted by molar-refractivity contribution is 6.01. The van der Waals surface area contributed by atoms with Gasteiger partial charge in [-0.1, -0.05) is 30.3 Å². The third-order valence-corrected chi connectivity index (χ3v) is 6.10. The van der Waals surface area contributed by atoms with E-state index in [0.717, 1.165) is 22.7 Å². The summed E-state index contributed by atoms with van der Waals surface area (Å²) in [5.41, 5.74) is 9.11. The molecule has 1 unspecified atom stereocenters. The summed E-state index contributed by atoms with van der Waals surface area (Å²) in [6.07, 6.45) is 2.81. The highest BCUT2D eigenvalue weighted by Crippen LogP contribution is 2.27. The SMILES string of the molecule is COc1cccc(CCN2C(=O)C(NC(=O)C[C@H](N)Cc3ccccc3F)Cc3ncccc32)c1.[Cl-].[Cl-]. The molecule has 7 nitrogen and oxygen atoms in total. The number of hydrogen-bond acceptors (Lipinski definition) is 5. The zero-order chi connectivity index (χ0) is 24.8. The number of pyridine rings is 1. The van der Waals surface area contributed by atoms with Crippen molar-refractivity contribution in [3.63, 3.8) is 0 Å². The van der Waals surface area contributed by atoms with Gasteiger partial charge in [-0.2, -0.15) is 0 Å². The molecule has 4 rings (SSSR count). The van der Waals surface area contributed by atoms with Gasteiger partial charge in [0.1, 0.15) is 17.6 Å². The number of nitrogens with zero attached hydrogens (tertiary/aromatic N) is 2. The summed E-state index contributed by atoms with van der Waals surface area (Å²) in [4.78, 5) is 32.2. The number of methoxy groups -OCH3 is 1. The van der Waals surface area contributed by atoms with Crippen LogP contribution in [0.4, 0.5) is 10.1 Å². The summed E-state index contributed by atoms with van der Waals surface area (Å²) < 4.78 is 19.2. The van der Waals surface area contributed by atoms with Gasteiger partial charge in [-0.15, -0.1) is 0 Å². The van der Waals surface area contributed by atoms with Gasteiger partial charge in [0.05, 0.1) is 18.5 Å². The molecule has 2 aromatic carbocycles. The molecule has 3 aromatic rings. The van der Waals surface area contributed by atoms with Crippen molar-refractivity contribution in [3.8, 4) is 5.75 Å². The average molecular weight is 547 g/mol. The van der Waals surface area contributed by atoms with Crippen LogP contribution in [0.1, 0.15) is 23.2 Å². The Labute approximate surface area is 228 Å². The number of nitrogens with two attached hydrogens (primary N) is 1. The van der Waals surface area contributed by atoms with E-state index < -0.39 is 12.1 Å². The zero-order valence-corrected chi connectivity index (χ0v) is 21.9. The van der Waals surface area contributed by atoms with Gasteiger partial charge in [0.2, 0.25) is 11.8 Å². The van der Waals surface area contributed by atoms with Crippen LogP contribution in [-0.4, -0.2) is 42.5 Å². The van der Waals surface area contributed by atoms with E-state index in [1.807, 2.05) is 30.3 Å². The van der Waals surface area contributed by atoms with E-state index in [0.29, 0.717) is 24.9 Å². The van der Waals surface area contributed by atoms with E-state index in [4.69, 9.17) is 10.5 Å². The number of rotatable bonds is 9. The standard InChI is InChI=1S/C27H29FN4O3.2ClH/c1-35-21-8-4-6-18(14-21)11-13-32-25-10-5-12-30-23(25)17-24(27(32)34)31-26(33)16-20(29)15-19-7-2-3-9-22(19)28;;/h2-10,12,14,20,24H,11,13,15-17,29H2,1H3,(H,31,33);2*1H/p-2/t20-,24?;;/m1../s1. The third kappa shape index (κ3) is 7.64. The monoisotopic (exact) mass is 546 g/mol. The lowest BCUT2D eigenvalue weighted by Crippen LogP contribution is -3.00. The highest BCUT2D eigenvalue weighted by atomic mass is 35.5. The van der Waals surface area contributed by atoms with Crippen molar-refractivity contribution < 1.29 is 43.5 Å². The Bertz CT molecular complexity index is 1210.